The Morgan fingerprint density at radius 2 is 1.65 bits per heavy atom. The number of carbonyl (C=O) groups excluding carboxylic acids is 2. The summed E-state index contributed by atoms with van der Waals surface area (Å²) in [6.07, 6.45) is 0. The minimum atomic E-state index is -0.473. The van der Waals surface area contributed by atoms with Crippen molar-refractivity contribution in [2.24, 2.45) is 0 Å². The molecular formula is C25H22N2O4. The third-order valence-corrected chi connectivity index (χ3v) is 4.93. The van der Waals surface area contributed by atoms with Gasteiger partial charge in [0.25, 0.3) is 5.91 Å². The maximum atomic E-state index is 12.7. The van der Waals surface area contributed by atoms with Gasteiger partial charge in [-0.25, -0.2) is 0 Å². The maximum Gasteiger partial charge on any atom is 0.251 e. The first-order chi connectivity index (χ1) is 15.1. The summed E-state index contributed by atoms with van der Waals surface area (Å²) >= 11 is 0. The highest BCUT2D eigenvalue weighted by Crippen LogP contribution is 2.28. The van der Waals surface area contributed by atoms with Crippen molar-refractivity contribution in [2.75, 3.05) is 13.7 Å². The predicted octanol–water partition coefficient (Wildman–Crippen LogP) is 4.08. The zero-order chi connectivity index (χ0) is 21.6. The lowest BCUT2D eigenvalue weighted by Gasteiger charge is -2.17. The van der Waals surface area contributed by atoms with Crippen molar-refractivity contribution in [3.63, 3.8) is 0 Å². The van der Waals surface area contributed by atoms with Crippen LogP contribution in [0.25, 0.3) is 11.0 Å². The van der Waals surface area contributed by atoms with E-state index >= 15 is 0 Å². The van der Waals surface area contributed by atoms with Crippen molar-refractivity contribution >= 4 is 22.8 Å². The molecular weight excluding hydrogens is 392 g/mol. The molecule has 0 radical (unpaired) electrons. The van der Waals surface area contributed by atoms with Gasteiger partial charge in [0, 0.05) is 10.9 Å². The van der Waals surface area contributed by atoms with Crippen LogP contribution in [-0.2, 0) is 4.79 Å². The SMILES string of the molecule is COc1ccc(C(=O)NCC(=O)NC(c2ccccc2)c2cc3ccccc3o2)cc1. The molecule has 6 heteroatoms. The van der Waals surface area contributed by atoms with Gasteiger partial charge in [0.1, 0.15) is 23.1 Å². The van der Waals surface area contributed by atoms with E-state index in [1.54, 1.807) is 31.4 Å². The van der Waals surface area contributed by atoms with Gasteiger partial charge in [0.05, 0.1) is 13.7 Å². The first-order valence-electron chi connectivity index (χ1n) is 9.89. The molecule has 0 bridgehead atoms. The Labute approximate surface area is 179 Å². The molecule has 3 aromatic carbocycles. The van der Waals surface area contributed by atoms with Crippen LogP contribution in [0.2, 0.25) is 0 Å². The van der Waals surface area contributed by atoms with Crippen LogP contribution in [0.15, 0.2) is 89.3 Å². The standard InChI is InChI=1S/C25H22N2O4/c1-30-20-13-11-18(12-14-20)25(29)26-16-23(28)27-24(17-7-3-2-4-8-17)22-15-19-9-5-6-10-21(19)31-22/h2-15,24H,16H2,1H3,(H,26,29)(H,27,28). The topological polar surface area (TPSA) is 80.6 Å². The molecule has 4 rings (SSSR count). The molecule has 156 valence electrons. The largest absolute Gasteiger partial charge is 0.497 e. The van der Waals surface area contributed by atoms with Gasteiger partial charge in [-0.2, -0.15) is 0 Å². The minimum absolute atomic E-state index is 0.158. The number of fused-ring (bicyclic) bond motifs is 1. The molecule has 0 saturated heterocycles. The molecule has 0 aliphatic rings. The van der Waals surface area contributed by atoms with Gasteiger partial charge < -0.3 is 19.8 Å². The Balaban J connectivity index is 1.47. The monoisotopic (exact) mass is 414 g/mol. The molecule has 2 N–H and O–H groups in total. The second-order valence-corrected chi connectivity index (χ2v) is 7.01. The number of furan rings is 1. The van der Waals surface area contributed by atoms with E-state index in [2.05, 4.69) is 10.6 Å². The fraction of sp³-hybridized carbons (Fsp3) is 0.120. The Morgan fingerprint density at radius 1 is 0.935 bits per heavy atom. The van der Waals surface area contributed by atoms with Crippen LogP contribution in [0.4, 0.5) is 0 Å². The van der Waals surface area contributed by atoms with Gasteiger partial charge in [0.15, 0.2) is 0 Å². The van der Waals surface area contributed by atoms with E-state index in [-0.39, 0.29) is 18.4 Å². The average molecular weight is 414 g/mol. The van der Waals surface area contributed by atoms with Gasteiger partial charge >= 0.3 is 0 Å². The number of para-hydroxylation sites is 1. The highest BCUT2D eigenvalue weighted by atomic mass is 16.5. The number of carbonyl (C=O) groups is 2. The van der Waals surface area contributed by atoms with Crippen LogP contribution in [0, 0.1) is 0 Å². The first kappa shape index (κ1) is 20.2. The summed E-state index contributed by atoms with van der Waals surface area (Å²) in [5, 5.41) is 6.58. The zero-order valence-corrected chi connectivity index (χ0v) is 17.0. The number of benzene rings is 3. The molecule has 6 nitrogen and oxygen atoms in total. The summed E-state index contributed by atoms with van der Waals surface area (Å²) < 4.78 is 11.1. The van der Waals surface area contributed by atoms with Gasteiger partial charge in [-0.05, 0) is 42.0 Å². The Bertz CT molecular complexity index is 1150. The number of rotatable bonds is 7. The molecule has 0 aliphatic carbocycles. The summed E-state index contributed by atoms with van der Waals surface area (Å²) in [5.74, 6) is 0.627. The van der Waals surface area contributed by atoms with Gasteiger partial charge in [-0.1, -0.05) is 48.5 Å². The normalized spacial score (nSPS) is 11.6. The summed E-state index contributed by atoms with van der Waals surface area (Å²) in [4.78, 5) is 25.0. The lowest BCUT2D eigenvalue weighted by molar-refractivity contribution is -0.120. The second-order valence-electron chi connectivity index (χ2n) is 7.01. The third kappa shape index (κ3) is 4.75. The van der Waals surface area contributed by atoms with E-state index < -0.39 is 6.04 Å². The van der Waals surface area contributed by atoms with Gasteiger partial charge in [-0.3, -0.25) is 9.59 Å². The van der Waals surface area contributed by atoms with Crippen LogP contribution < -0.4 is 15.4 Å². The molecule has 31 heavy (non-hydrogen) atoms. The van der Waals surface area contributed by atoms with Crippen molar-refractivity contribution in [1.82, 2.24) is 10.6 Å². The van der Waals surface area contributed by atoms with E-state index in [0.29, 0.717) is 17.1 Å². The van der Waals surface area contributed by atoms with Crippen LogP contribution in [0.1, 0.15) is 27.7 Å². The van der Waals surface area contributed by atoms with Crippen molar-refractivity contribution in [1.29, 1.82) is 0 Å². The molecule has 4 aromatic rings. The smallest absolute Gasteiger partial charge is 0.251 e. The van der Waals surface area contributed by atoms with E-state index in [9.17, 15) is 9.59 Å². The molecule has 1 heterocycles. The number of ether oxygens (including phenoxy) is 1. The van der Waals surface area contributed by atoms with Crippen LogP contribution in [0.5, 0.6) is 5.75 Å². The fourth-order valence-corrected chi connectivity index (χ4v) is 3.33. The zero-order valence-electron chi connectivity index (χ0n) is 17.0. The predicted molar refractivity (Wildman–Crippen MR) is 118 cm³/mol. The lowest BCUT2D eigenvalue weighted by Crippen LogP contribution is -2.38. The van der Waals surface area contributed by atoms with Crippen LogP contribution in [0.3, 0.4) is 0 Å². The van der Waals surface area contributed by atoms with Crippen LogP contribution in [-0.4, -0.2) is 25.5 Å². The number of nitrogens with one attached hydrogen (secondary N) is 2. The van der Waals surface area contributed by atoms with E-state index in [0.717, 1.165) is 16.5 Å². The Kier molecular flexibility index (Phi) is 5.98. The third-order valence-electron chi connectivity index (χ3n) is 4.93. The summed E-state index contributed by atoms with van der Waals surface area (Å²) in [7, 11) is 1.56. The highest BCUT2D eigenvalue weighted by Gasteiger charge is 2.21. The number of hydrogen-bond acceptors (Lipinski definition) is 4. The van der Waals surface area contributed by atoms with E-state index in [4.69, 9.17) is 9.15 Å². The molecule has 1 aromatic heterocycles. The Morgan fingerprint density at radius 3 is 2.35 bits per heavy atom. The van der Waals surface area contributed by atoms with Gasteiger partial charge in [0.2, 0.25) is 5.91 Å². The molecule has 1 unspecified atom stereocenters. The fourth-order valence-electron chi connectivity index (χ4n) is 3.33. The number of hydrogen-bond donors (Lipinski definition) is 2. The Hall–Kier alpha value is -4.06. The molecule has 0 spiro atoms. The van der Waals surface area contributed by atoms with Gasteiger partial charge in [-0.15, -0.1) is 0 Å². The minimum Gasteiger partial charge on any atom is -0.497 e. The number of amides is 2. The summed E-state index contributed by atoms with van der Waals surface area (Å²) in [6.45, 7) is -0.158. The second kappa shape index (κ2) is 9.17. The van der Waals surface area contributed by atoms with Crippen molar-refractivity contribution < 1.29 is 18.7 Å². The molecule has 0 fully saturated rings. The number of methoxy groups -OCH3 is 1. The molecule has 0 saturated carbocycles. The van der Waals surface area contributed by atoms with E-state index in [1.165, 1.54) is 0 Å². The summed E-state index contributed by atoms with van der Waals surface area (Å²) in [6, 6.07) is 25.4. The first-order valence-corrected chi connectivity index (χ1v) is 9.89. The molecule has 0 aliphatic heterocycles. The molecule has 1 atom stereocenters. The highest BCUT2D eigenvalue weighted by molar-refractivity contribution is 5.96. The van der Waals surface area contributed by atoms with Crippen molar-refractivity contribution in [3.05, 3.63) is 102 Å². The average Bonchev–Trinajstić information content (AvgIpc) is 3.25. The van der Waals surface area contributed by atoms with E-state index in [1.807, 2.05) is 60.7 Å². The quantitative estimate of drug-likeness (QED) is 0.478. The molecule has 2 amide bonds. The lowest BCUT2D eigenvalue weighted by atomic mass is 10.0. The van der Waals surface area contributed by atoms with Crippen LogP contribution >= 0.6 is 0 Å². The maximum absolute atomic E-state index is 12.7. The van der Waals surface area contributed by atoms with Crippen molar-refractivity contribution in [2.45, 2.75) is 6.04 Å². The van der Waals surface area contributed by atoms with Crippen molar-refractivity contribution in [3.8, 4) is 5.75 Å². The summed E-state index contributed by atoms with van der Waals surface area (Å²) in [5.41, 5.74) is 2.09.